The molecular weight excluding hydrogens is 342 g/mol. The quantitative estimate of drug-likeness (QED) is 0.766. The Bertz CT molecular complexity index is 899. The van der Waals surface area contributed by atoms with Crippen molar-refractivity contribution in [2.24, 2.45) is 5.92 Å². The Labute approximate surface area is 157 Å². The van der Waals surface area contributed by atoms with Gasteiger partial charge in [0.25, 0.3) is 5.91 Å². The van der Waals surface area contributed by atoms with Crippen LogP contribution in [0.2, 0.25) is 0 Å². The molecule has 1 amide bonds. The van der Waals surface area contributed by atoms with Gasteiger partial charge in [-0.3, -0.25) is 4.79 Å². The number of carbonyl (C=O) groups is 1. The standard InChI is InChI=1S/C19H21N7O/c1-14-7-9-25(10-8-14)19-20-11-15(12-21-19)23-18(27)17-13-22-26(24-17)16-5-3-2-4-6-16/h2-6,11-14H,7-10H2,1H3,(H,23,27). The van der Waals surface area contributed by atoms with Gasteiger partial charge in [0.15, 0.2) is 5.69 Å². The number of amides is 1. The maximum absolute atomic E-state index is 12.4. The summed E-state index contributed by atoms with van der Waals surface area (Å²) >= 11 is 0. The molecule has 0 atom stereocenters. The van der Waals surface area contributed by atoms with Gasteiger partial charge in [-0.1, -0.05) is 25.1 Å². The Morgan fingerprint density at radius 2 is 1.78 bits per heavy atom. The zero-order valence-electron chi connectivity index (χ0n) is 15.1. The minimum Gasteiger partial charge on any atom is -0.341 e. The van der Waals surface area contributed by atoms with Crippen molar-refractivity contribution in [1.29, 1.82) is 0 Å². The SMILES string of the molecule is CC1CCN(c2ncc(NC(=O)c3cnn(-c4ccccc4)n3)cn2)CC1. The third-order valence-electron chi connectivity index (χ3n) is 4.67. The first-order chi connectivity index (χ1) is 13.2. The zero-order chi connectivity index (χ0) is 18.6. The number of hydrogen-bond acceptors (Lipinski definition) is 6. The molecule has 2 aromatic heterocycles. The minimum absolute atomic E-state index is 0.230. The Kier molecular flexibility index (Phi) is 4.78. The molecule has 0 aliphatic carbocycles. The van der Waals surface area contributed by atoms with Crippen LogP contribution in [-0.2, 0) is 0 Å². The molecule has 138 valence electrons. The molecule has 1 N–H and O–H groups in total. The fourth-order valence-electron chi connectivity index (χ4n) is 3.01. The Hall–Kier alpha value is -3.29. The van der Waals surface area contributed by atoms with E-state index < -0.39 is 0 Å². The highest BCUT2D eigenvalue weighted by molar-refractivity contribution is 6.02. The predicted octanol–water partition coefficient (Wildman–Crippen LogP) is 2.55. The van der Waals surface area contributed by atoms with E-state index in [1.54, 1.807) is 12.4 Å². The van der Waals surface area contributed by atoms with Gasteiger partial charge in [0, 0.05) is 13.1 Å². The number of hydrogen-bond donors (Lipinski definition) is 1. The highest BCUT2D eigenvalue weighted by Gasteiger charge is 2.18. The number of benzene rings is 1. The lowest BCUT2D eigenvalue weighted by atomic mass is 10.00. The Morgan fingerprint density at radius 1 is 1.07 bits per heavy atom. The monoisotopic (exact) mass is 363 g/mol. The van der Waals surface area contributed by atoms with E-state index in [1.807, 2.05) is 30.3 Å². The van der Waals surface area contributed by atoms with Gasteiger partial charge in [0.2, 0.25) is 5.95 Å². The zero-order valence-corrected chi connectivity index (χ0v) is 15.1. The molecule has 3 aromatic rings. The summed E-state index contributed by atoms with van der Waals surface area (Å²) in [6, 6.07) is 9.43. The van der Waals surface area contributed by atoms with E-state index in [-0.39, 0.29) is 11.6 Å². The third kappa shape index (κ3) is 3.94. The summed E-state index contributed by atoms with van der Waals surface area (Å²) in [5.74, 6) is 1.11. The Balaban J connectivity index is 1.40. The van der Waals surface area contributed by atoms with E-state index in [9.17, 15) is 4.79 Å². The van der Waals surface area contributed by atoms with Crippen LogP contribution in [0.25, 0.3) is 5.69 Å². The van der Waals surface area contributed by atoms with Crippen molar-refractivity contribution >= 4 is 17.5 Å². The molecule has 8 heteroatoms. The number of nitrogens with zero attached hydrogens (tertiary/aromatic N) is 6. The molecule has 0 bridgehead atoms. The number of rotatable bonds is 4. The van der Waals surface area contributed by atoms with Crippen molar-refractivity contribution in [1.82, 2.24) is 25.0 Å². The lowest BCUT2D eigenvalue weighted by Crippen LogP contribution is -2.34. The molecular formula is C19H21N7O. The summed E-state index contributed by atoms with van der Waals surface area (Å²) in [5, 5.41) is 11.1. The average Bonchev–Trinajstić information content (AvgIpc) is 3.20. The predicted molar refractivity (Wildman–Crippen MR) is 102 cm³/mol. The van der Waals surface area contributed by atoms with Gasteiger partial charge in [-0.25, -0.2) is 9.97 Å². The van der Waals surface area contributed by atoms with Crippen LogP contribution >= 0.6 is 0 Å². The van der Waals surface area contributed by atoms with Crippen molar-refractivity contribution in [3.8, 4) is 5.69 Å². The number of anilines is 2. The van der Waals surface area contributed by atoms with Gasteiger partial charge in [-0.05, 0) is 30.9 Å². The second-order valence-electron chi connectivity index (χ2n) is 6.75. The first-order valence-electron chi connectivity index (χ1n) is 9.05. The molecule has 3 heterocycles. The molecule has 1 fully saturated rings. The van der Waals surface area contributed by atoms with Crippen LogP contribution in [0.3, 0.4) is 0 Å². The van der Waals surface area contributed by atoms with E-state index in [1.165, 1.54) is 11.0 Å². The van der Waals surface area contributed by atoms with Crippen molar-refractivity contribution in [2.45, 2.75) is 19.8 Å². The average molecular weight is 363 g/mol. The highest BCUT2D eigenvalue weighted by atomic mass is 16.2. The van der Waals surface area contributed by atoms with E-state index in [0.29, 0.717) is 11.6 Å². The summed E-state index contributed by atoms with van der Waals surface area (Å²) in [6.45, 7) is 4.20. The molecule has 1 aliphatic rings. The first kappa shape index (κ1) is 17.1. The van der Waals surface area contributed by atoms with Gasteiger partial charge < -0.3 is 10.2 Å². The molecule has 1 saturated heterocycles. The molecule has 8 nitrogen and oxygen atoms in total. The van der Waals surface area contributed by atoms with Crippen LogP contribution < -0.4 is 10.2 Å². The topological polar surface area (TPSA) is 88.8 Å². The van der Waals surface area contributed by atoms with Crippen LogP contribution in [0.15, 0.2) is 48.9 Å². The molecule has 1 aliphatic heterocycles. The highest BCUT2D eigenvalue weighted by Crippen LogP contribution is 2.20. The molecule has 1 aromatic carbocycles. The molecule has 27 heavy (non-hydrogen) atoms. The summed E-state index contributed by atoms with van der Waals surface area (Å²) in [5.41, 5.74) is 1.55. The van der Waals surface area contributed by atoms with Crippen LogP contribution in [0.1, 0.15) is 30.3 Å². The van der Waals surface area contributed by atoms with E-state index in [4.69, 9.17) is 0 Å². The van der Waals surface area contributed by atoms with Crippen molar-refractivity contribution in [3.05, 3.63) is 54.6 Å². The molecule has 0 radical (unpaired) electrons. The van der Waals surface area contributed by atoms with Crippen molar-refractivity contribution < 1.29 is 4.79 Å². The summed E-state index contributed by atoms with van der Waals surface area (Å²) in [7, 11) is 0. The maximum atomic E-state index is 12.4. The minimum atomic E-state index is -0.347. The fourth-order valence-corrected chi connectivity index (χ4v) is 3.01. The number of nitrogens with one attached hydrogen (secondary N) is 1. The number of para-hydroxylation sites is 1. The molecule has 4 rings (SSSR count). The van der Waals surface area contributed by atoms with Gasteiger partial charge in [0.05, 0.1) is 30.0 Å². The van der Waals surface area contributed by atoms with Crippen molar-refractivity contribution in [2.75, 3.05) is 23.3 Å². The maximum Gasteiger partial charge on any atom is 0.277 e. The molecule has 0 saturated carbocycles. The van der Waals surface area contributed by atoms with E-state index in [0.717, 1.165) is 37.5 Å². The number of carbonyl (C=O) groups excluding carboxylic acids is 1. The first-order valence-corrected chi connectivity index (χ1v) is 9.05. The van der Waals surface area contributed by atoms with Crippen LogP contribution in [-0.4, -0.2) is 44.0 Å². The summed E-state index contributed by atoms with van der Waals surface area (Å²) in [6.07, 6.45) is 6.99. The van der Waals surface area contributed by atoms with E-state index in [2.05, 4.69) is 37.3 Å². The van der Waals surface area contributed by atoms with E-state index >= 15 is 0 Å². The second-order valence-corrected chi connectivity index (χ2v) is 6.75. The molecule has 0 spiro atoms. The second kappa shape index (κ2) is 7.53. The van der Waals surface area contributed by atoms with Crippen LogP contribution in [0.5, 0.6) is 0 Å². The summed E-state index contributed by atoms with van der Waals surface area (Å²) in [4.78, 5) is 24.8. The van der Waals surface area contributed by atoms with Gasteiger partial charge in [0.1, 0.15) is 0 Å². The summed E-state index contributed by atoms with van der Waals surface area (Å²) < 4.78 is 0. The van der Waals surface area contributed by atoms with Gasteiger partial charge in [-0.15, -0.1) is 5.10 Å². The fraction of sp³-hybridized carbons (Fsp3) is 0.316. The van der Waals surface area contributed by atoms with Gasteiger partial charge >= 0.3 is 0 Å². The smallest absolute Gasteiger partial charge is 0.277 e. The third-order valence-corrected chi connectivity index (χ3v) is 4.67. The number of piperidine rings is 1. The Morgan fingerprint density at radius 3 is 2.48 bits per heavy atom. The van der Waals surface area contributed by atoms with Crippen LogP contribution in [0, 0.1) is 5.92 Å². The lowest BCUT2D eigenvalue weighted by Gasteiger charge is -2.30. The van der Waals surface area contributed by atoms with Crippen molar-refractivity contribution in [3.63, 3.8) is 0 Å². The largest absolute Gasteiger partial charge is 0.341 e. The lowest BCUT2D eigenvalue weighted by molar-refractivity contribution is 0.102. The van der Waals surface area contributed by atoms with Crippen LogP contribution in [0.4, 0.5) is 11.6 Å². The molecule has 0 unspecified atom stereocenters. The normalized spacial score (nSPS) is 14.9. The van der Waals surface area contributed by atoms with Gasteiger partial charge in [-0.2, -0.15) is 9.90 Å². The number of aromatic nitrogens is 5.